The third kappa shape index (κ3) is 5.14. The molecule has 4 heteroatoms. The maximum Gasteiger partial charge on any atom is 0.248 e. The molecule has 0 aliphatic carbocycles. The first kappa shape index (κ1) is 12.5. The lowest BCUT2D eigenvalue weighted by Crippen LogP contribution is -2.42. The van der Waals surface area contributed by atoms with Crippen LogP contribution in [-0.4, -0.2) is 49.3 Å². The van der Waals surface area contributed by atoms with Gasteiger partial charge >= 0.3 is 0 Å². The molecule has 1 amide bonds. The Kier molecular flexibility index (Phi) is 4.54. The van der Waals surface area contributed by atoms with Gasteiger partial charge in [0.05, 0.1) is 12.2 Å². The van der Waals surface area contributed by atoms with E-state index in [-0.39, 0.29) is 18.1 Å². The number of hydrogen-bond donors (Lipinski definition) is 0. The lowest BCUT2D eigenvalue weighted by Gasteiger charge is -2.27. The van der Waals surface area contributed by atoms with Crippen LogP contribution in [-0.2, 0) is 14.3 Å². The first-order valence-corrected chi connectivity index (χ1v) is 5.48. The van der Waals surface area contributed by atoms with Gasteiger partial charge in [-0.2, -0.15) is 0 Å². The molecule has 1 saturated heterocycles. The van der Waals surface area contributed by atoms with Gasteiger partial charge in [0.25, 0.3) is 0 Å². The SMILES string of the molecule is CC(C)(C)OCCCN1CCOCC1=O. The van der Waals surface area contributed by atoms with Crippen molar-refractivity contribution < 1.29 is 14.3 Å². The summed E-state index contributed by atoms with van der Waals surface area (Å²) in [5, 5.41) is 0. The van der Waals surface area contributed by atoms with Gasteiger partial charge in [-0.15, -0.1) is 0 Å². The van der Waals surface area contributed by atoms with Crippen LogP contribution in [0.25, 0.3) is 0 Å². The minimum Gasteiger partial charge on any atom is -0.376 e. The van der Waals surface area contributed by atoms with Gasteiger partial charge in [0, 0.05) is 19.7 Å². The summed E-state index contributed by atoms with van der Waals surface area (Å²) < 4.78 is 10.6. The van der Waals surface area contributed by atoms with Gasteiger partial charge in [-0.05, 0) is 27.2 Å². The summed E-state index contributed by atoms with van der Waals surface area (Å²) in [6.07, 6.45) is 0.892. The summed E-state index contributed by atoms with van der Waals surface area (Å²) in [6, 6.07) is 0. The Balaban J connectivity index is 2.11. The first-order chi connectivity index (χ1) is 6.99. The van der Waals surface area contributed by atoms with Gasteiger partial charge in [-0.1, -0.05) is 0 Å². The molecular formula is C11H21NO3. The van der Waals surface area contributed by atoms with Crippen molar-refractivity contribution in [3.05, 3.63) is 0 Å². The van der Waals surface area contributed by atoms with Gasteiger partial charge in [0.1, 0.15) is 6.61 Å². The second-order valence-electron chi connectivity index (χ2n) is 4.75. The van der Waals surface area contributed by atoms with Crippen LogP contribution in [0.15, 0.2) is 0 Å². The van der Waals surface area contributed by atoms with Crippen molar-refractivity contribution in [1.82, 2.24) is 4.90 Å². The fourth-order valence-corrected chi connectivity index (χ4v) is 1.42. The molecule has 1 aliphatic rings. The molecule has 0 N–H and O–H groups in total. The highest BCUT2D eigenvalue weighted by Crippen LogP contribution is 2.07. The number of amides is 1. The Bertz CT molecular complexity index is 210. The van der Waals surface area contributed by atoms with E-state index in [0.29, 0.717) is 19.8 Å². The van der Waals surface area contributed by atoms with Crippen LogP contribution in [0.5, 0.6) is 0 Å². The van der Waals surface area contributed by atoms with E-state index in [1.54, 1.807) is 0 Å². The van der Waals surface area contributed by atoms with Crippen LogP contribution in [0.4, 0.5) is 0 Å². The molecule has 0 aromatic rings. The molecular weight excluding hydrogens is 194 g/mol. The molecule has 15 heavy (non-hydrogen) atoms. The van der Waals surface area contributed by atoms with Crippen molar-refractivity contribution in [1.29, 1.82) is 0 Å². The topological polar surface area (TPSA) is 38.8 Å². The van der Waals surface area contributed by atoms with Crippen LogP contribution in [0, 0.1) is 0 Å². The Labute approximate surface area is 91.5 Å². The maximum atomic E-state index is 11.3. The number of carbonyl (C=O) groups excluding carboxylic acids is 1. The molecule has 0 saturated carbocycles. The van der Waals surface area contributed by atoms with Crippen molar-refractivity contribution in [2.75, 3.05) is 32.9 Å². The second-order valence-corrected chi connectivity index (χ2v) is 4.75. The molecule has 1 aliphatic heterocycles. The normalized spacial score (nSPS) is 18.3. The van der Waals surface area contributed by atoms with Crippen molar-refractivity contribution in [2.24, 2.45) is 0 Å². The van der Waals surface area contributed by atoms with Crippen molar-refractivity contribution in [2.45, 2.75) is 32.8 Å². The van der Waals surface area contributed by atoms with Crippen LogP contribution >= 0.6 is 0 Å². The summed E-state index contributed by atoms with van der Waals surface area (Å²) in [4.78, 5) is 13.2. The van der Waals surface area contributed by atoms with Gasteiger partial charge in [0.15, 0.2) is 0 Å². The molecule has 1 rings (SSSR count). The monoisotopic (exact) mass is 215 g/mol. The van der Waals surface area contributed by atoms with Crippen molar-refractivity contribution in [3.63, 3.8) is 0 Å². The van der Waals surface area contributed by atoms with Crippen LogP contribution in [0.3, 0.4) is 0 Å². The lowest BCUT2D eigenvalue weighted by molar-refractivity contribution is -0.142. The molecule has 0 bridgehead atoms. The second kappa shape index (κ2) is 5.47. The molecule has 0 spiro atoms. The zero-order chi connectivity index (χ0) is 11.3. The maximum absolute atomic E-state index is 11.3. The molecule has 0 aromatic carbocycles. The fraction of sp³-hybridized carbons (Fsp3) is 0.909. The predicted molar refractivity (Wildman–Crippen MR) is 57.7 cm³/mol. The van der Waals surface area contributed by atoms with E-state index in [2.05, 4.69) is 0 Å². The number of nitrogens with zero attached hydrogens (tertiary/aromatic N) is 1. The van der Waals surface area contributed by atoms with Gasteiger partial charge < -0.3 is 14.4 Å². The zero-order valence-corrected chi connectivity index (χ0v) is 9.91. The number of ether oxygens (including phenoxy) is 2. The standard InChI is InChI=1S/C11H21NO3/c1-11(2,3)15-7-4-5-12-6-8-14-9-10(12)13/h4-9H2,1-3H3. The molecule has 1 fully saturated rings. The van der Waals surface area contributed by atoms with Crippen molar-refractivity contribution in [3.8, 4) is 0 Å². The average Bonchev–Trinajstić information content (AvgIpc) is 2.13. The average molecular weight is 215 g/mol. The molecule has 0 unspecified atom stereocenters. The molecule has 0 aromatic heterocycles. The Morgan fingerprint density at radius 2 is 2.20 bits per heavy atom. The van der Waals surface area contributed by atoms with E-state index in [1.807, 2.05) is 25.7 Å². The number of hydrogen-bond acceptors (Lipinski definition) is 3. The zero-order valence-electron chi connectivity index (χ0n) is 9.91. The predicted octanol–water partition coefficient (Wildman–Crippen LogP) is 1.05. The van der Waals surface area contributed by atoms with Crippen LogP contribution in [0.1, 0.15) is 27.2 Å². The van der Waals surface area contributed by atoms with Gasteiger partial charge in [0.2, 0.25) is 5.91 Å². The van der Waals surface area contributed by atoms with E-state index >= 15 is 0 Å². The summed E-state index contributed by atoms with van der Waals surface area (Å²) in [6.45, 7) is 9.19. The van der Waals surface area contributed by atoms with E-state index < -0.39 is 0 Å². The number of morpholine rings is 1. The summed E-state index contributed by atoms with van der Waals surface area (Å²) >= 11 is 0. The molecule has 0 atom stereocenters. The summed E-state index contributed by atoms with van der Waals surface area (Å²) in [5.74, 6) is 0.0945. The summed E-state index contributed by atoms with van der Waals surface area (Å²) in [5.41, 5.74) is -0.0883. The van der Waals surface area contributed by atoms with Crippen LogP contribution < -0.4 is 0 Å². The molecule has 1 heterocycles. The fourth-order valence-electron chi connectivity index (χ4n) is 1.42. The van der Waals surface area contributed by atoms with E-state index in [1.165, 1.54) is 0 Å². The highest BCUT2D eigenvalue weighted by molar-refractivity contribution is 5.77. The Hall–Kier alpha value is -0.610. The summed E-state index contributed by atoms with van der Waals surface area (Å²) in [7, 11) is 0. The first-order valence-electron chi connectivity index (χ1n) is 5.48. The van der Waals surface area contributed by atoms with Crippen LogP contribution in [0.2, 0.25) is 0 Å². The Morgan fingerprint density at radius 1 is 1.47 bits per heavy atom. The Morgan fingerprint density at radius 3 is 2.80 bits per heavy atom. The van der Waals surface area contributed by atoms with E-state index in [4.69, 9.17) is 9.47 Å². The molecule has 4 nitrogen and oxygen atoms in total. The molecule has 88 valence electrons. The van der Waals surface area contributed by atoms with E-state index in [9.17, 15) is 4.79 Å². The molecule has 0 radical (unpaired) electrons. The highest BCUT2D eigenvalue weighted by Gasteiger charge is 2.18. The third-order valence-corrected chi connectivity index (χ3v) is 2.19. The minimum atomic E-state index is -0.0883. The van der Waals surface area contributed by atoms with Crippen molar-refractivity contribution >= 4 is 5.91 Å². The van der Waals surface area contributed by atoms with Gasteiger partial charge in [-0.3, -0.25) is 4.79 Å². The number of carbonyl (C=O) groups is 1. The number of rotatable bonds is 4. The smallest absolute Gasteiger partial charge is 0.248 e. The van der Waals surface area contributed by atoms with Gasteiger partial charge in [-0.25, -0.2) is 0 Å². The third-order valence-electron chi connectivity index (χ3n) is 2.19. The quantitative estimate of drug-likeness (QED) is 0.658. The van der Waals surface area contributed by atoms with E-state index in [0.717, 1.165) is 13.0 Å². The lowest BCUT2D eigenvalue weighted by atomic mass is 10.2. The minimum absolute atomic E-state index is 0.0883. The largest absolute Gasteiger partial charge is 0.376 e. The highest BCUT2D eigenvalue weighted by atomic mass is 16.5.